The molecule has 1 aromatic carbocycles. The summed E-state index contributed by atoms with van der Waals surface area (Å²) in [5, 5.41) is 6.95. The van der Waals surface area contributed by atoms with Crippen LogP contribution in [-0.2, 0) is 15.7 Å². The van der Waals surface area contributed by atoms with Crippen molar-refractivity contribution >= 4 is 11.7 Å². The lowest BCUT2D eigenvalue weighted by Gasteiger charge is -2.35. The van der Waals surface area contributed by atoms with Crippen LogP contribution in [0.15, 0.2) is 28.8 Å². The third kappa shape index (κ3) is 4.10. The summed E-state index contributed by atoms with van der Waals surface area (Å²) in [7, 11) is 0. The van der Waals surface area contributed by atoms with Gasteiger partial charge in [-0.05, 0) is 23.8 Å². The van der Waals surface area contributed by atoms with Crippen LogP contribution in [0.25, 0.3) is 0 Å². The van der Waals surface area contributed by atoms with E-state index in [9.17, 15) is 9.59 Å². The van der Waals surface area contributed by atoms with Gasteiger partial charge in [-0.2, -0.15) is 4.98 Å². The highest BCUT2D eigenvalue weighted by atomic mass is 16.5. The summed E-state index contributed by atoms with van der Waals surface area (Å²) in [6.07, 6.45) is 4.39. The molecule has 0 aliphatic heterocycles. The smallest absolute Gasteiger partial charge is 0.293 e. The van der Waals surface area contributed by atoms with Crippen molar-refractivity contribution < 1.29 is 14.1 Å². The van der Waals surface area contributed by atoms with E-state index in [1.54, 1.807) is 19.1 Å². The van der Waals surface area contributed by atoms with E-state index < -0.39 is 17.2 Å². The Labute approximate surface area is 159 Å². The molecule has 27 heavy (non-hydrogen) atoms. The molecule has 3 rings (SSSR count). The molecule has 1 saturated carbocycles. The molecule has 0 radical (unpaired) electrons. The lowest BCUT2D eigenvalue weighted by atomic mass is 9.80. The van der Waals surface area contributed by atoms with Crippen LogP contribution in [0.5, 0.6) is 0 Å². The second kappa shape index (κ2) is 7.25. The van der Waals surface area contributed by atoms with Gasteiger partial charge in [-0.3, -0.25) is 9.59 Å². The Morgan fingerprint density at radius 3 is 2.22 bits per heavy atom. The largest absolute Gasteiger partial charge is 0.340 e. The van der Waals surface area contributed by atoms with Crippen molar-refractivity contribution in [3.8, 4) is 0 Å². The normalized spacial score (nSPS) is 16.7. The molecule has 6 nitrogen and oxygen atoms in total. The van der Waals surface area contributed by atoms with Gasteiger partial charge in [-0.25, -0.2) is 0 Å². The third-order valence-electron chi connectivity index (χ3n) is 5.23. The van der Waals surface area contributed by atoms with E-state index in [2.05, 4.69) is 36.2 Å². The first-order valence-corrected chi connectivity index (χ1v) is 9.49. The molecule has 144 valence electrons. The Morgan fingerprint density at radius 1 is 1.07 bits per heavy atom. The average molecular weight is 369 g/mol. The lowest BCUT2D eigenvalue weighted by molar-refractivity contribution is -0.119. The summed E-state index contributed by atoms with van der Waals surface area (Å²) in [5.74, 6) is -0.249. The molecule has 1 fully saturated rings. The van der Waals surface area contributed by atoms with Crippen LogP contribution < -0.4 is 5.32 Å². The Kier molecular flexibility index (Phi) is 5.18. The summed E-state index contributed by atoms with van der Waals surface area (Å²) >= 11 is 0. The number of aryl methyl sites for hydroxylation is 1. The predicted molar refractivity (Wildman–Crippen MR) is 101 cm³/mol. The molecule has 1 amide bonds. The topological polar surface area (TPSA) is 85.1 Å². The molecule has 6 heteroatoms. The Morgan fingerprint density at radius 2 is 1.70 bits per heavy atom. The maximum Gasteiger partial charge on any atom is 0.293 e. The monoisotopic (exact) mass is 369 g/mol. The molecule has 1 heterocycles. The second-order valence-electron chi connectivity index (χ2n) is 8.39. The van der Waals surface area contributed by atoms with Gasteiger partial charge in [0, 0.05) is 12.5 Å². The van der Waals surface area contributed by atoms with Gasteiger partial charge in [0.2, 0.25) is 11.7 Å². The zero-order valence-electron chi connectivity index (χ0n) is 16.5. The first-order chi connectivity index (χ1) is 12.7. The highest BCUT2D eigenvalue weighted by Crippen LogP contribution is 2.35. The van der Waals surface area contributed by atoms with Gasteiger partial charge < -0.3 is 9.84 Å². The van der Waals surface area contributed by atoms with E-state index in [-0.39, 0.29) is 5.41 Å². The summed E-state index contributed by atoms with van der Waals surface area (Å²) in [6.45, 7) is 8.04. The van der Waals surface area contributed by atoms with Crippen molar-refractivity contribution in [1.29, 1.82) is 0 Å². The minimum Gasteiger partial charge on any atom is -0.340 e. The van der Waals surface area contributed by atoms with Crippen LogP contribution in [0.4, 0.5) is 0 Å². The van der Waals surface area contributed by atoms with Gasteiger partial charge in [0.05, 0.1) is 0 Å². The summed E-state index contributed by atoms with van der Waals surface area (Å²) in [5.41, 5.74) is 0.766. The number of hydrogen-bond donors (Lipinski definition) is 1. The maximum atomic E-state index is 12.7. The fraction of sp³-hybridized carbons (Fsp3) is 0.524. The quantitative estimate of drug-likeness (QED) is 0.654. The Hall–Kier alpha value is -2.50. The fourth-order valence-corrected chi connectivity index (χ4v) is 3.58. The average Bonchev–Trinajstić information content (AvgIpc) is 3.08. The molecule has 1 aliphatic carbocycles. The highest BCUT2D eigenvalue weighted by molar-refractivity contribution is 6.42. The van der Waals surface area contributed by atoms with Gasteiger partial charge >= 0.3 is 0 Å². The first kappa shape index (κ1) is 19.3. The van der Waals surface area contributed by atoms with Crippen LogP contribution in [-0.4, -0.2) is 21.8 Å². The molecule has 0 unspecified atom stereocenters. The van der Waals surface area contributed by atoms with Gasteiger partial charge in [-0.15, -0.1) is 0 Å². The van der Waals surface area contributed by atoms with E-state index in [0.29, 0.717) is 30.1 Å². The third-order valence-corrected chi connectivity index (χ3v) is 5.23. The molecule has 1 aliphatic rings. The Bertz CT molecular complexity index is 825. The van der Waals surface area contributed by atoms with Crippen LogP contribution in [0, 0.1) is 6.92 Å². The number of ketones is 1. The van der Waals surface area contributed by atoms with Crippen molar-refractivity contribution in [2.75, 3.05) is 0 Å². The number of amides is 1. The minimum atomic E-state index is -0.728. The SMILES string of the molecule is Cc1nc(C2(NC(=O)C(=O)c3ccc(C(C)(C)C)cc3)CCCCC2)no1. The van der Waals surface area contributed by atoms with Crippen LogP contribution in [0.1, 0.15) is 80.5 Å². The van der Waals surface area contributed by atoms with Crippen LogP contribution >= 0.6 is 0 Å². The number of nitrogens with one attached hydrogen (secondary N) is 1. The number of rotatable bonds is 4. The van der Waals surface area contributed by atoms with Crippen molar-refractivity contribution in [1.82, 2.24) is 15.5 Å². The van der Waals surface area contributed by atoms with E-state index in [1.807, 2.05) is 12.1 Å². The minimum absolute atomic E-state index is 0.00747. The first-order valence-electron chi connectivity index (χ1n) is 9.49. The Balaban J connectivity index is 1.80. The summed E-state index contributed by atoms with van der Waals surface area (Å²) in [6, 6.07) is 7.24. The maximum absolute atomic E-state index is 12.7. The summed E-state index contributed by atoms with van der Waals surface area (Å²) in [4.78, 5) is 29.7. The highest BCUT2D eigenvalue weighted by Gasteiger charge is 2.40. The lowest BCUT2D eigenvalue weighted by Crippen LogP contribution is -2.50. The number of aromatic nitrogens is 2. The van der Waals surface area contributed by atoms with E-state index >= 15 is 0 Å². The fourth-order valence-electron chi connectivity index (χ4n) is 3.58. The molecule has 1 N–H and O–H groups in total. The molecule has 1 aromatic heterocycles. The van der Waals surface area contributed by atoms with Crippen LogP contribution in [0.2, 0.25) is 0 Å². The van der Waals surface area contributed by atoms with Crippen molar-refractivity contribution in [3.63, 3.8) is 0 Å². The number of carbonyl (C=O) groups excluding carboxylic acids is 2. The standard InChI is InChI=1S/C21H27N3O3/c1-14-22-19(24-27-14)21(12-6-5-7-13-21)23-18(26)17(25)15-8-10-16(11-9-15)20(2,3)4/h8-11H,5-7,12-13H2,1-4H3,(H,23,26). The van der Waals surface area contributed by atoms with E-state index in [0.717, 1.165) is 24.8 Å². The molecular weight excluding hydrogens is 342 g/mol. The molecule has 0 saturated heterocycles. The molecular formula is C21H27N3O3. The van der Waals surface area contributed by atoms with Gasteiger partial charge in [0.1, 0.15) is 5.54 Å². The van der Waals surface area contributed by atoms with Gasteiger partial charge in [0.25, 0.3) is 5.91 Å². The number of carbonyl (C=O) groups is 2. The molecule has 0 spiro atoms. The molecule has 0 atom stereocenters. The molecule has 2 aromatic rings. The van der Waals surface area contributed by atoms with E-state index in [4.69, 9.17) is 4.52 Å². The zero-order valence-corrected chi connectivity index (χ0v) is 16.5. The molecule has 0 bridgehead atoms. The number of hydrogen-bond acceptors (Lipinski definition) is 5. The number of benzene rings is 1. The van der Waals surface area contributed by atoms with Gasteiger partial charge in [0.15, 0.2) is 5.82 Å². The van der Waals surface area contributed by atoms with Crippen LogP contribution in [0.3, 0.4) is 0 Å². The predicted octanol–water partition coefficient (Wildman–Crippen LogP) is 3.83. The number of Topliss-reactive ketones (excluding diaryl/α,β-unsaturated/α-hetero) is 1. The van der Waals surface area contributed by atoms with Crippen molar-refractivity contribution in [3.05, 3.63) is 47.1 Å². The zero-order chi connectivity index (χ0) is 19.7. The summed E-state index contributed by atoms with van der Waals surface area (Å²) < 4.78 is 5.12. The van der Waals surface area contributed by atoms with Gasteiger partial charge in [-0.1, -0.05) is 69.5 Å². The second-order valence-corrected chi connectivity index (χ2v) is 8.39. The van der Waals surface area contributed by atoms with E-state index in [1.165, 1.54) is 0 Å². The van der Waals surface area contributed by atoms with Crippen molar-refractivity contribution in [2.24, 2.45) is 0 Å². The van der Waals surface area contributed by atoms with Crippen molar-refractivity contribution in [2.45, 2.75) is 70.8 Å². The number of nitrogens with zero attached hydrogens (tertiary/aromatic N) is 2.